The highest BCUT2D eigenvalue weighted by molar-refractivity contribution is 7.99. The molecule has 2 aromatic carbocycles. The molecular weight excluding hydrogens is 487 g/mol. The molecule has 0 bridgehead atoms. The number of halogens is 2. The molecule has 0 radical (unpaired) electrons. The van der Waals surface area contributed by atoms with Crippen LogP contribution in [0.5, 0.6) is 0 Å². The molecule has 0 saturated heterocycles. The number of hydrogen-bond acceptors (Lipinski definition) is 6. The molecule has 1 aliphatic rings. The third kappa shape index (κ3) is 6.34. The van der Waals surface area contributed by atoms with Crippen LogP contribution in [0.4, 0.5) is 10.5 Å². The summed E-state index contributed by atoms with van der Waals surface area (Å²) in [5, 5.41) is 3.43. The Hall–Kier alpha value is -2.42. The lowest BCUT2D eigenvalue weighted by molar-refractivity contribution is -0.120. The summed E-state index contributed by atoms with van der Waals surface area (Å²) in [6, 6.07) is 9.26. The molecule has 2 aromatic rings. The van der Waals surface area contributed by atoms with Crippen molar-refractivity contribution < 1.29 is 23.9 Å². The molecule has 1 atom stereocenters. The first-order valence-electron chi connectivity index (χ1n) is 10.1. The Kier molecular flexibility index (Phi) is 7.82. The number of alkyl carbamates (subject to hydrolysis) is 1. The zero-order chi connectivity index (χ0) is 24.3. The first kappa shape index (κ1) is 25.2. The summed E-state index contributed by atoms with van der Waals surface area (Å²) in [7, 11) is 1.29. The van der Waals surface area contributed by atoms with Gasteiger partial charge in [-0.25, -0.2) is 9.59 Å². The highest BCUT2D eigenvalue weighted by Crippen LogP contribution is 2.37. The summed E-state index contributed by atoms with van der Waals surface area (Å²) in [6.07, 6.45) is -0.683. The van der Waals surface area contributed by atoms with Crippen molar-refractivity contribution in [3.05, 3.63) is 57.6 Å². The highest BCUT2D eigenvalue weighted by Gasteiger charge is 2.33. The maximum absolute atomic E-state index is 13.6. The molecule has 10 heteroatoms. The molecule has 2 amide bonds. The Balaban J connectivity index is 1.99. The molecule has 0 unspecified atom stereocenters. The van der Waals surface area contributed by atoms with E-state index >= 15 is 0 Å². The molecule has 0 aromatic heterocycles. The number of ether oxygens (including phenoxy) is 2. The van der Waals surface area contributed by atoms with Crippen molar-refractivity contribution >= 4 is 58.6 Å². The smallest absolute Gasteiger partial charge is 0.408 e. The zero-order valence-electron chi connectivity index (χ0n) is 18.6. The third-order valence-electron chi connectivity index (χ3n) is 4.66. The number of esters is 1. The van der Waals surface area contributed by atoms with Gasteiger partial charge in [0.1, 0.15) is 11.6 Å². The largest absolute Gasteiger partial charge is 0.465 e. The van der Waals surface area contributed by atoms with Crippen molar-refractivity contribution in [2.75, 3.05) is 17.8 Å². The number of fused-ring (bicyclic) bond motifs is 1. The Bertz CT molecular complexity index is 1090. The summed E-state index contributed by atoms with van der Waals surface area (Å²) in [6.45, 7) is 5.39. The number of carbonyl (C=O) groups excluding carboxylic acids is 3. The number of anilines is 1. The van der Waals surface area contributed by atoms with E-state index in [9.17, 15) is 14.4 Å². The minimum Gasteiger partial charge on any atom is -0.465 e. The van der Waals surface area contributed by atoms with Crippen molar-refractivity contribution in [2.45, 2.75) is 43.9 Å². The first-order valence-corrected chi connectivity index (χ1v) is 11.8. The summed E-state index contributed by atoms with van der Waals surface area (Å²) < 4.78 is 10.2. The van der Waals surface area contributed by atoms with E-state index in [2.05, 4.69) is 5.32 Å². The van der Waals surface area contributed by atoms with E-state index < -0.39 is 23.7 Å². The van der Waals surface area contributed by atoms with Gasteiger partial charge in [-0.05, 0) is 56.7 Å². The van der Waals surface area contributed by atoms with Crippen molar-refractivity contribution in [1.82, 2.24) is 5.32 Å². The maximum atomic E-state index is 13.6. The molecule has 7 nitrogen and oxygen atoms in total. The van der Waals surface area contributed by atoms with Crippen LogP contribution in [0.1, 0.15) is 36.7 Å². The number of nitrogens with zero attached hydrogens (tertiary/aromatic N) is 1. The van der Waals surface area contributed by atoms with E-state index in [-0.39, 0.29) is 12.5 Å². The number of benzene rings is 2. The SMILES string of the molecule is COC(=O)c1ccc2c(c1)N(Cc1ccc(Cl)c(Cl)c1)C(=O)[C@@H](NC(=O)OC(C)(C)C)CS2. The van der Waals surface area contributed by atoms with E-state index in [1.807, 2.05) is 0 Å². The van der Waals surface area contributed by atoms with Gasteiger partial charge in [-0.3, -0.25) is 4.79 Å². The van der Waals surface area contributed by atoms with Crippen LogP contribution in [0.25, 0.3) is 0 Å². The monoisotopic (exact) mass is 510 g/mol. The van der Waals surface area contributed by atoms with Gasteiger partial charge in [-0.2, -0.15) is 0 Å². The number of methoxy groups -OCH3 is 1. The van der Waals surface area contributed by atoms with Crippen LogP contribution in [0, 0.1) is 0 Å². The van der Waals surface area contributed by atoms with Gasteiger partial charge in [0.2, 0.25) is 0 Å². The minimum atomic E-state index is -0.846. The van der Waals surface area contributed by atoms with E-state index in [1.165, 1.54) is 23.8 Å². The van der Waals surface area contributed by atoms with E-state index in [0.29, 0.717) is 27.0 Å². The van der Waals surface area contributed by atoms with Crippen LogP contribution < -0.4 is 10.2 Å². The summed E-state index contributed by atoms with van der Waals surface area (Å²) in [5.41, 5.74) is 0.869. The third-order valence-corrected chi connectivity index (χ3v) is 6.55. The van der Waals surface area contributed by atoms with Crippen LogP contribution in [-0.4, -0.2) is 42.5 Å². The Morgan fingerprint density at radius 2 is 1.88 bits per heavy atom. The lowest BCUT2D eigenvalue weighted by atomic mass is 10.1. The molecule has 0 fully saturated rings. The predicted octanol–water partition coefficient (Wildman–Crippen LogP) is 5.31. The lowest BCUT2D eigenvalue weighted by Gasteiger charge is -2.27. The van der Waals surface area contributed by atoms with Crippen LogP contribution in [0.2, 0.25) is 10.0 Å². The van der Waals surface area contributed by atoms with Crippen LogP contribution in [-0.2, 0) is 20.8 Å². The molecule has 0 spiro atoms. The Morgan fingerprint density at radius 1 is 1.15 bits per heavy atom. The minimum absolute atomic E-state index is 0.153. The van der Waals surface area contributed by atoms with E-state index in [4.69, 9.17) is 32.7 Å². The molecule has 1 N–H and O–H groups in total. The summed E-state index contributed by atoms with van der Waals surface area (Å²) >= 11 is 13.6. The van der Waals surface area contributed by atoms with E-state index in [1.54, 1.807) is 57.2 Å². The van der Waals surface area contributed by atoms with Crippen molar-refractivity contribution in [2.24, 2.45) is 0 Å². The quantitative estimate of drug-likeness (QED) is 0.560. The summed E-state index contributed by atoms with van der Waals surface area (Å²) in [4.78, 5) is 40.4. The molecule has 0 saturated carbocycles. The predicted molar refractivity (Wildman–Crippen MR) is 129 cm³/mol. The maximum Gasteiger partial charge on any atom is 0.408 e. The van der Waals surface area contributed by atoms with Gasteiger partial charge in [0.15, 0.2) is 0 Å². The second-order valence-electron chi connectivity index (χ2n) is 8.36. The highest BCUT2D eigenvalue weighted by atomic mass is 35.5. The summed E-state index contributed by atoms with van der Waals surface area (Å²) in [5.74, 6) is -0.571. The molecule has 1 heterocycles. The van der Waals surface area contributed by atoms with Gasteiger partial charge in [-0.15, -0.1) is 11.8 Å². The molecule has 0 aliphatic carbocycles. The molecule has 3 rings (SSSR count). The first-order chi connectivity index (χ1) is 15.5. The number of rotatable bonds is 4. The van der Waals surface area contributed by atoms with Gasteiger partial charge < -0.3 is 19.7 Å². The van der Waals surface area contributed by atoms with Crippen LogP contribution in [0.3, 0.4) is 0 Å². The zero-order valence-corrected chi connectivity index (χ0v) is 20.9. The standard InChI is InChI=1S/C23H24Cl2N2O5S/c1-23(2,3)32-22(30)26-17-12-33-19-8-6-14(21(29)31-4)10-18(19)27(20(17)28)11-13-5-7-15(24)16(25)9-13/h5-10,17H,11-12H2,1-4H3,(H,26,30)/t17-/m0/s1. The Labute approximate surface area is 206 Å². The lowest BCUT2D eigenvalue weighted by Crippen LogP contribution is -2.50. The fourth-order valence-corrected chi connectivity index (χ4v) is 4.56. The van der Waals surface area contributed by atoms with Gasteiger partial charge in [0, 0.05) is 10.6 Å². The van der Waals surface area contributed by atoms with Crippen LogP contribution in [0.15, 0.2) is 41.3 Å². The normalized spacial score (nSPS) is 16.0. The second kappa shape index (κ2) is 10.2. The van der Waals surface area contributed by atoms with Gasteiger partial charge in [-0.1, -0.05) is 29.3 Å². The van der Waals surface area contributed by atoms with Crippen molar-refractivity contribution in [3.63, 3.8) is 0 Å². The molecule has 33 heavy (non-hydrogen) atoms. The molecule has 1 aliphatic heterocycles. The van der Waals surface area contributed by atoms with Crippen LogP contribution >= 0.6 is 35.0 Å². The van der Waals surface area contributed by atoms with Gasteiger partial charge in [0.25, 0.3) is 5.91 Å². The fraction of sp³-hybridized carbons (Fsp3) is 0.348. The number of hydrogen-bond donors (Lipinski definition) is 1. The van der Waals surface area contributed by atoms with Gasteiger partial charge in [0.05, 0.1) is 35.0 Å². The number of nitrogens with one attached hydrogen (secondary N) is 1. The average Bonchev–Trinajstić information content (AvgIpc) is 2.86. The topological polar surface area (TPSA) is 84.9 Å². The molecular formula is C23H24Cl2N2O5S. The second-order valence-corrected chi connectivity index (χ2v) is 10.2. The fourth-order valence-electron chi connectivity index (χ4n) is 3.18. The molecule has 176 valence electrons. The average molecular weight is 511 g/mol. The number of thioether (sulfide) groups is 1. The number of amides is 2. The van der Waals surface area contributed by atoms with E-state index in [0.717, 1.165) is 10.5 Å². The van der Waals surface area contributed by atoms with Crippen molar-refractivity contribution in [3.8, 4) is 0 Å². The number of carbonyl (C=O) groups is 3. The van der Waals surface area contributed by atoms with Crippen molar-refractivity contribution in [1.29, 1.82) is 0 Å². The van der Waals surface area contributed by atoms with Gasteiger partial charge >= 0.3 is 12.1 Å². The Morgan fingerprint density at radius 3 is 2.52 bits per heavy atom.